The molecule has 0 bridgehead atoms. The number of nitrogens with zero attached hydrogens (tertiary/aromatic N) is 3. The number of methoxy groups -OCH3 is 1. The van der Waals surface area contributed by atoms with Gasteiger partial charge in [0.25, 0.3) is 0 Å². The van der Waals surface area contributed by atoms with E-state index in [4.69, 9.17) is 14.2 Å². The van der Waals surface area contributed by atoms with E-state index < -0.39 is 12.1 Å². The highest BCUT2D eigenvalue weighted by Gasteiger charge is 2.20. The fourth-order valence-electron chi connectivity index (χ4n) is 3.02. The van der Waals surface area contributed by atoms with Gasteiger partial charge >= 0.3 is 5.97 Å². The van der Waals surface area contributed by atoms with Crippen LogP contribution in [0.2, 0.25) is 0 Å². The van der Waals surface area contributed by atoms with Crippen molar-refractivity contribution in [2.24, 2.45) is 0 Å². The zero-order valence-corrected chi connectivity index (χ0v) is 17.3. The van der Waals surface area contributed by atoms with Gasteiger partial charge in [0.2, 0.25) is 0 Å². The third-order valence-corrected chi connectivity index (χ3v) is 4.47. The average Bonchev–Trinajstić information content (AvgIpc) is 2.72. The summed E-state index contributed by atoms with van der Waals surface area (Å²) >= 11 is 0. The van der Waals surface area contributed by atoms with Crippen LogP contribution in [0.15, 0.2) is 42.5 Å². The molecule has 1 unspecified atom stereocenters. The number of para-hydroxylation sites is 1. The Hall–Kier alpha value is -3.35. The van der Waals surface area contributed by atoms with Crippen molar-refractivity contribution in [3.8, 4) is 11.5 Å². The molecule has 0 N–H and O–H groups in total. The monoisotopic (exact) mass is 395 g/mol. The molecule has 0 saturated heterocycles. The Labute approximate surface area is 170 Å². The third-order valence-electron chi connectivity index (χ3n) is 4.47. The highest BCUT2D eigenvalue weighted by Crippen LogP contribution is 2.36. The molecule has 3 aromatic rings. The second kappa shape index (κ2) is 8.77. The van der Waals surface area contributed by atoms with E-state index in [2.05, 4.69) is 9.97 Å². The summed E-state index contributed by atoms with van der Waals surface area (Å²) in [6.07, 6.45) is -0.758. The summed E-state index contributed by atoms with van der Waals surface area (Å²) in [5.41, 5.74) is 1.71. The molecule has 0 fully saturated rings. The molecule has 1 atom stereocenters. The maximum atomic E-state index is 12.0. The van der Waals surface area contributed by atoms with Gasteiger partial charge in [-0.05, 0) is 45.0 Å². The molecule has 0 aliphatic heterocycles. The van der Waals surface area contributed by atoms with Gasteiger partial charge in [0, 0.05) is 24.2 Å². The number of hydrogen-bond donors (Lipinski definition) is 0. The van der Waals surface area contributed by atoms with Gasteiger partial charge in [-0.25, -0.2) is 14.8 Å². The van der Waals surface area contributed by atoms with Crippen LogP contribution in [0.5, 0.6) is 11.5 Å². The second-order valence-electron chi connectivity index (χ2n) is 6.52. The van der Waals surface area contributed by atoms with Gasteiger partial charge in [0.05, 0.1) is 19.2 Å². The molecular weight excluding hydrogens is 370 g/mol. The van der Waals surface area contributed by atoms with Crippen molar-refractivity contribution in [3.05, 3.63) is 48.3 Å². The number of anilines is 2. The first-order chi connectivity index (χ1) is 13.9. The molecule has 1 heterocycles. The molecule has 1 aromatic heterocycles. The quantitative estimate of drug-likeness (QED) is 0.559. The summed E-state index contributed by atoms with van der Waals surface area (Å²) < 4.78 is 16.2. The van der Waals surface area contributed by atoms with E-state index in [0.717, 1.165) is 22.4 Å². The van der Waals surface area contributed by atoms with Crippen molar-refractivity contribution in [1.29, 1.82) is 0 Å². The SMILES string of the molecule is CCOC(=O)C(C)Oc1cc(N(C)c2nc(C)nc3ccccc23)ccc1OC. The molecule has 0 spiro atoms. The lowest BCUT2D eigenvalue weighted by molar-refractivity contribution is -0.150. The normalized spacial score (nSPS) is 11.8. The third kappa shape index (κ3) is 4.39. The zero-order chi connectivity index (χ0) is 21.0. The maximum Gasteiger partial charge on any atom is 0.347 e. The van der Waals surface area contributed by atoms with Gasteiger partial charge in [-0.2, -0.15) is 0 Å². The first-order valence-electron chi connectivity index (χ1n) is 9.43. The number of hydrogen-bond acceptors (Lipinski definition) is 7. The summed E-state index contributed by atoms with van der Waals surface area (Å²) in [5, 5.41) is 0.943. The number of fused-ring (bicyclic) bond motifs is 1. The smallest absolute Gasteiger partial charge is 0.347 e. The van der Waals surface area contributed by atoms with Crippen LogP contribution < -0.4 is 14.4 Å². The Balaban J connectivity index is 1.98. The Kier molecular flexibility index (Phi) is 6.16. The van der Waals surface area contributed by atoms with Crippen LogP contribution in [0, 0.1) is 6.92 Å². The van der Waals surface area contributed by atoms with Crippen LogP contribution in [0.1, 0.15) is 19.7 Å². The number of aryl methyl sites for hydroxylation is 1. The largest absolute Gasteiger partial charge is 0.493 e. The van der Waals surface area contributed by atoms with Crippen molar-refractivity contribution in [3.63, 3.8) is 0 Å². The molecule has 0 aliphatic rings. The lowest BCUT2D eigenvalue weighted by Gasteiger charge is -2.22. The van der Waals surface area contributed by atoms with Crippen molar-refractivity contribution in [2.45, 2.75) is 26.9 Å². The number of aromatic nitrogens is 2. The molecule has 29 heavy (non-hydrogen) atoms. The van der Waals surface area contributed by atoms with Gasteiger partial charge in [0.1, 0.15) is 11.6 Å². The van der Waals surface area contributed by atoms with E-state index in [1.54, 1.807) is 27.0 Å². The minimum atomic E-state index is -0.758. The molecule has 3 rings (SSSR count). The lowest BCUT2D eigenvalue weighted by Crippen LogP contribution is -2.26. The second-order valence-corrected chi connectivity index (χ2v) is 6.52. The number of carbonyl (C=O) groups is 1. The predicted octanol–water partition coefficient (Wildman–Crippen LogP) is 4.05. The lowest BCUT2D eigenvalue weighted by atomic mass is 10.2. The molecule has 7 nitrogen and oxygen atoms in total. The summed E-state index contributed by atoms with van der Waals surface area (Å²) in [6, 6.07) is 13.4. The van der Waals surface area contributed by atoms with E-state index in [-0.39, 0.29) is 0 Å². The average molecular weight is 395 g/mol. The molecule has 7 heteroatoms. The highest BCUT2D eigenvalue weighted by molar-refractivity contribution is 5.91. The molecule has 2 aromatic carbocycles. The minimum Gasteiger partial charge on any atom is -0.493 e. The fourth-order valence-corrected chi connectivity index (χ4v) is 3.02. The zero-order valence-electron chi connectivity index (χ0n) is 17.3. The first-order valence-corrected chi connectivity index (χ1v) is 9.43. The minimum absolute atomic E-state index is 0.298. The van der Waals surface area contributed by atoms with Crippen molar-refractivity contribution < 1.29 is 19.0 Å². The Morgan fingerprint density at radius 1 is 1.14 bits per heavy atom. The molecule has 0 aliphatic carbocycles. The molecule has 0 amide bonds. The number of benzene rings is 2. The number of esters is 1. The topological polar surface area (TPSA) is 73.8 Å². The van der Waals surface area contributed by atoms with Gasteiger partial charge in [-0.1, -0.05) is 12.1 Å². The standard InChI is InChI=1S/C22H25N3O4/c1-6-28-22(26)14(2)29-20-13-16(11-12-19(20)27-5)25(4)21-17-9-7-8-10-18(17)23-15(3)24-21/h7-14H,6H2,1-5H3. The Bertz CT molecular complexity index is 1020. The Morgan fingerprint density at radius 3 is 2.62 bits per heavy atom. The van der Waals surface area contributed by atoms with E-state index in [9.17, 15) is 4.79 Å². The first kappa shape index (κ1) is 20.4. The summed E-state index contributed by atoms with van der Waals surface area (Å²) in [7, 11) is 3.48. The van der Waals surface area contributed by atoms with E-state index in [0.29, 0.717) is 23.9 Å². The van der Waals surface area contributed by atoms with Crippen molar-refractivity contribution >= 4 is 28.4 Å². The van der Waals surface area contributed by atoms with Gasteiger partial charge < -0.3 is 19.1 Å². The van der Waals surface area contributed by atoms with Crippen molar-refractivity contribution in [2.75, 3.05) is 25.7 Å². The van der Waals surface area contributed by atoms with Crippen LogP contribution in [-0.2, 0) is 9.53 Å². The number of ether oxygens (including phenoxy) is 3. The molecule has 0 radical (unpaired) electrons. The fraction of sp³-hybridized carbons (Fsp3) is 0.318. The van der Waals surface area contributed by atoms with E-state index in [1.165, 1.54) is 0 Å². The number of rotatable bonds is 7. The van der Waals surface area contributed by atoms with E-state index >= 15 is 0 Å². The van der Waals surface area contributed by atoms with Crippen LogP contribution in [0.25, 0.3) is 10.9 Å². The summed E-state index contributed by atoms with van der Waals surface area (Å²) in [6.45, 7) is 5.57. The van der Waals surface area contributed by atoms with Gasteiger partial charge in [-0.3, -0.25) is 0 Å². The Morgan fingerprint density at radius 2 is 1.90 bits per heavy atom. The predicted molar refractivity (Wildman–Crippen MR) is 112 cm³/mol. The van der Waals surface area contributed by atoms with Gasteiger partial charge in [-0.15, -0.1) is 0 Å². The van der Waals surface area contributed by atoms with Crippen LogP contribution >= 0.6 is 0 Å². The van der Waals surface area contributed by atoms with Crippen molar-refractivity contribution in [1.82, 2.24) is 9.97 Å². The molecule has 152 valence electrons. The maximum absolute atomic E-state index is 12.0. The van der Waals surface area contributed by atoms with Crippen LogP contribution in [0.4, 0.5) is 11.5 Å². The molecule has 0 saturated carbocycles. The number of carbonyl (C=O) groups excluding carboxylic acids is 1. The summed E-state index contributed by atoms with van der Waals surface area (Å²) in [5.74, 6) is 2.02. The van der Waals surface area contributed by atoms with E-state index in [1.807, 2.05) is 55.3 Å². The molecular formula is C22H25N3O4. The summed E-state index contributed by atoms with van der Waals surface area (Å²) in [4.78, 5) is 23.0. The highest BCUT2D eigenvalue weighted by atomic mass is 16.6. The van der Waals surface area contributed by atoms with Crippen LogP contribution in [-0.4, -0.2) is 42.8 Å². The van der Waals surface area contributed by atoms with Gasteiger partial charge in [0.15, 0.2) is 17.6 Å². The van der Waals surface area contributed by atoms with Crippen LogP contribution in [0.3, 0.4) is 0 Å².